The Balaban J connectivity index is 1.80. The summed E-state index contributed by atoms with van der Waals surface area (Å²) >= 11 is 1.48. The lowest BCUT2D eigenvalue weighted by Gasteiger charge is -2.12. The fourth-order valence-electron chi connectivity index (χ4n) is 2.60. The maximum absolute atomic E-state index is 12.2. The zero-order valence-electron chi connectivity index (χ0n) is 12.3. The monoisotopic (exact) mass is 303 g/mol. The fourth-order valence-corrected chi connectivity index (χ4v) is 3.41. The number of rotatable bonds is 3. The topological polar surface area (TPSA) is 55.2 Å². The van der Waals surface area contributed by atoms with Crippen LogP contribution < -0.4 is 5.56 Å². The molecule has 0 atom stereocenters. The summed E-state index contributed by atoms with van der Waals surface area (Å²) in [5, 5.41) is 2.01. The van der Waals surface area contributed by atoms with Gasteiger partial charge in [0.1, 0.15) is 5.82 Å². The van der Waals surface area contributed by atoms with E-state index in [9.17, 15) is 9.59 Å². The molecule has 1 aliphatic heterocycles. The van der Waals surface area contributed by atoms with Crippen LogP contribution in [0.25, 0.3) is 0 Å². The van der Waals surface area contributed by atoms with Crippen LogP contribution in [0.15, 0.2) is 16.2 Å². The van der Waals surface area contributed by atoms with Crippen LogP contribution in [-0.4, -0.2) is 20.2 Å². The van der Waals surface area contributed by atoms with E-state index in [0.29, 0.717) is 13.1 Å². The molecule has 2 aromatic heterocycles. The van der Waals surface area contributed by atoms with Gasteiger partial charge in [0.15, 0.2) is 5.78 Å². The predicted molar refractivity (Wildman–Crippen MR) is 81.5 cm³/mol. The zero-order chi connectivity index (χ0) is 15.1. The molecule has 110 valence electrons. The van der Waals surface area contributed by atoms with Crippen LogP contribution in [0.3, 0.4) is 0 Å². The van der Waals surface area contributed by atoms with Crippen LogP contribution in [0, 0.1) is 6.92 Å². The molecule has 0 aliphatic carbocycles. The van der Waals surface area contributed by atoms with Gasteiger partial charge in [-0.2, -0.15) is 0 Å². The van der Waals surface area contributed by atoms with Gasteiger partial charge in [-0.3, -0.25) is 19.1 Å². The molecular weight excluding hydrogens is 286 g/mol. The van der Waals surface area contributed by atoms with E-state index >= 15 is 0 Å². The Hall–Kier alpha value is -1.79. The molecule has 5 nitrogen and oxygen atoms in total. The van der Waals surface area contributed by atoms with E-state index in [-0.39, 0.29) is 11.3 Å². The number of carbonyl (C=O) groups excluding carboxylic acids is 1. The van der Waals surface area contributed by atoms with Gasteiger partial charge in [0.2, 0.25) is 0 Å². The quantitative estimate of drug-likeness (QED) is 0.812. The first-order valence-corrected chi connectivity index (χ1v) is 7.69. The highest BCUT2D eigenvalue weighted by molar-refractivity contribution is 7.12. The Morgan fingerprint density at radius 1 is 1.43 bits per heavy atom. The number of hydrogen-bond acceptors (Lipinski definition) is 5. The smallest absolute Gasteiger partial charge is 0.258 e. The van der Waals surface area contributed by atoms with Crippen molar-refractivity contribution >= 4 is 17.1 Å². The van der Waals surface area contributed by atoms with Crippen molar-refractivity contribution in [1.82, 2.24) is 14.5 Å². The highest BCUT2D eigenvalue weighted by atomic mass is 32.1. The van der Waals surface area contributed by atoms with Crippen LogP contribution in [0.1, 0.15) is 39.2 Å². The number of aromatic nitrogens is 2. The van der Waals surface area contributed by atoms with E-state index in [1.54, 1.807) is 18.5 Å². The van der Waals surface area contributed by atoms with Crippen molar-refractivity contribution in [3.05, 3.63) is 49.3 Å². The highest BCUT2D eigenvalue weighted by Gasteiger charge is 2.24. The Bertz CT molecular complexity index is 776. The Labute approximate surface area is 126 Å². The fraction of sp³-hybridized carbons (Fsp3) is 0.400. The lowest BCUT2D eigenvalue weighted by molar-refractivity contribution is 0.102. The first-order chi connectivity index (χ1) is 9.95. The maximum atomic E-state index is 12.2. The van der Waals surface area contributed by atoms with Crippen LogP contribution >= 0.6 is 11.3 Å². The summed E-state index contributed by atoms with van der Waals surface area (Å²) < 4.78 is 1.60. The molecule has 0 unspecified atom stereocenters. The van der Waals surface area contributed by atoms with Gasteiger partial charge in [-0.25, -0.2) is 4.98 Å². The highest BCUT2D eigenvalue weighted by Crippen LogP contribution is 2.23. The predicted octanol–water partition coefficient (Wildman–Crippen LogP) is 1.87. The standard InChI is InChI=1S/C15H17N3O2S/c1-9(19)14-4-11(8-21-14)5-18-6-12-13(7-18)16-10(2)17(3)15(12)20/h4,8H,5-7H2,1-3H3. The molecule has 6 heteroatoms. The summed E-state index contributed by atoms with van der Waals surface area (Å²) in [5.41, 5.74) is 2.85. The third-order valence-corrected chi connectivity index (χ3v) is 4.94. The molecule has 0 saturated heterocycles. The molecule has 0 N–H and O–H groups in total. The van der Waals surface area contributed by atoms with E-state index in [1.165, 1.54) is 11.3 Å². The van der Waals surface area contributed by atoms with Crippen molar-refractivity contribution in [3.8, 4) is 0 Å². The number of carbonyl (C=O) groups is 1. The Kier molecular flexibility index (Phi) is 3.51. The number of thiophene rings is 1. The molecule has 0 fully saturated rings. The van der Waals surface area contributed by atoms with Crippen LogP contribution in [0.2, 0.25) is 0 Å². The second-order valence-corrected chi connectivity index (χ2v) is 6.38. The maximum Gasteiger partial charge on any atom is 0.258 e. The minimum atomic E-state index is 0.0507. The van der Waals surface area contributed by atoms with Crippen LogP contribution in [0.4, 0.5) is 0 Å². The first-order valence-electron chi connectivity index (χ1n) is 6.82. The van der Waals surface area contributed by atoms with Gasteiger partial charge in [0.25, 0.3) is 5.56 Å². The molecular formula is C15H17N3O2S. The average molecular weight is 303 g/mol. The van der Waals surface area contributed by atoms with Gasteiger partial charge in [-0.15, -0.1) is 11.3 Å². The molecule has 3 heterocycles. The minimum absolute atomic E-state index is 0.0507. The molecule has 1 aliphatic rings. The van der Waals surface area contributed by atoms with E-state index < -0.39 is 0 Å². The number of ketones is 1. The minimum Gasteiger partial charge on any atom is -0.300 e. The summed E-state index contributed by atoms with van der Waals surface area (Å²) in [6.45, 7) is 5.49. The van der Waals surface area contributed by atoms with Crippen molar-refractivity contribution in [2.45, 2.75) is 33.5 Å². The largest absolute Gasteiger partial charge is 0.300 e. The second kappa shape index (κ2) is 5.20. The van der Waals surface area contributed by atoms with Crippen LogP contribution in [0.5, 0.6) is 0 Å². The molecule has 3 rings (SSSR count). The SMILES string of the molecule is CC(=O)c1cc(CN2Cc3nc(C)n(C)c(=O)c3C2)cs1. The summed E-state index contributed by atoms with van der Waals surface area (Å²) in [4.78, 5) is 31.0. The lowest BCUT2D eigenvalue weighted by Crippen LogP contribution is -2.25. The molecule has 0 aromatic carbocycles. The van der Waals surface area contributed by atoms with Gasteiger partial charge in [0.05, 0.1) is 16.1 Å². The van der Waals surface area contributed by atoms with Gasteiger partial charge < -0.3 is 0 Å². The summed E-state index contributed by atoms with van der Waals surface area (Å²) in [5.74, 6) is 0.845. The molecule has 0 spiro atoms. The third kappa shape index (κ3) is 2.56. The number of fused-ring (bicyclic) bond motifs is 1. The zero-order valence-corrected chi connectivity index (χ0v) is 13.2. The molecule has 21 heavy (non-hydrogen) atoms. The van der Waals surface area contributed by atoms with Crippen molar-refractivity contribution in [2.24, 2.45) is 7.05 Å². The van der Waals surface area contributed by atoms with E-state index in [0.717, 1.165) is 34.1 Å². The van der Waals surface area contributed by atoms with Crippen molar-refractivity contribution in [2.75, 3.05) is 0 Å². The van der Waals surface area contributed by atoms with Gasteiger partial charge >= 0.3 is 0 Å². The first kappa shape index (κ1) is 14.2. The number of nitrogens with zero attached hydrogens (tertiary/aromatic N) is 3. The molecule has 2 aromatic rings. The number of Topliss-reactive ketones (excluding diaryl/α,β-unsaturated/α-hetero) is 1. The average Bonchev–Trinajstić information content (AvgIpc) is 3.03. The van der Waals surface area contributed by atoms with Crippen molar-refractivity contribution in [1.29, 1.82) is 0 Å². The van der Waals surface area contributed by atoms with Gasteiger partial charge in [-0.1, -0.05) is 0 Å². The van der Waals surface area contributed by atoms with E-state index in [4.69, 9.17) is 0 Å². The molecule has 0 amide bonds. The third-order valence-electron chi connectivity index (χ3n) is 3.86. The molecule has 0 bridgehead atoms. The van der Waals surface area contributed by atoms with E-state index in [1.807, 2.05) is 18.4 Å². The Morgan fingerprint density at radius 3 is 2.86 bits per heavy atom. The van der Waals surface area contributed by atoms with Gasteiger partial charge in [0, 0.05) is 26.7 Å². The summed E-state index contributed by atoms with van der Waals surface area (Å²) in [7, 11) is 1.76. The summed E-state index contributed by atoms with van der Waals surface area (Å²) in [6.07, 6.45) is 0. The van der Waals surface area contributed by atoms with Crippen molar-refractivity contribution in [3.63, 3.8) is 0 Å². The second-order valence-electron chi connectivity index (χ2n) is 5.47. The normalized spacial score (nSPS) is 14.4. The lowest BCUT2D eigenvalue weighted by atomic mass is 10.2. The van der Waals surface area contributed by atoms with E-state index in [2.05, 4.69) is 9.88 Å². The molecule has 0 radical (unpaired) electrons. The molecule has 0 saturated carbocycles. The van der Waals surface area contributed by atoms with Crippen molar-refractivity contribution < 1.29 is 4.79 Å². The number of hydrogen-bond donors (Lipinski definition) is 0. The van der Waals surface area contributed by atoms with Crippen LogP contribution in [-0.2, 0) is 26.7 Å². The number of aryl methyl sites for hydroxylation is 1. The Morgan fingerprint density at radius 2 is 2.19 bits per heavy atom. The summed E-state index contributed by atoms with van der Waals surface area (Å²) in [6, 6.07) is 1.94. The van der Waals surface area contributed by atoms with Gasteiger partial charge in [-0.05, 0) is 30.9 Å².